The molecule has 4 heteroatoms. The van der Waals surface area contributed by atoms with Crippen molar-refractivity contribution in [3.63, 3.8) is 0 Å². The Labute approximate surface area is 72.3 Å². The summed E-state index contributed by atoms with van der Waals surface area (Å²) in [4.78, 5) is 0. The normalized spacial score (nSPS) is 10.7. The second kappa shape index (κ2) is 3.47. The third-order valence-electron chi connectivity index (χ3n) is 1.50. The topological polar surface area (TPSA) is 43.6 Å². The number of rotatable bonds is 3. The van der Waals surface area contributed by atoms with Crippen LogP contribution in [-0.4, -0.2) is 20.2 Å². The number of allylic oxidation sites excluding steroid dienone is 1. The van der Waals surface area contributed by atoms with Gasteiger partial charge in [0.25, 0.3) is 0 Å². The predicted molar refractivity (Wildman–Crippen MR) is 46.7 cm³/mol. The Hall–Kier alpha value is -1.19. The molecule has 4 nitrogen and oxygen atoms in total. The summed E-state index contributed by atoms with van der Waals surface area (Å²) in [7, 11) is 0. The fourth-order valence-electron chi connectivity index (χ4n) is 0.993. The average Bonchev–Trinajstić information content (AvgIpc) is 2.33. The van der Waals surface area contributed by atoms with Gasteiger partial charge in [0.1, 0.15) is 0 Å². The van der Waals surface area contributed by atoms with Crippen LogP contribution in [0.3, 0.4) is 0 Å². The van der Waals surface area contributed by atoms with Crippen LogP contribution in [0, 0.1) is 0 Å². The molecule has 0 radical (unpaired) electrons. The van der Waals surface area contributed by atoms with Crippen molar-refractivity contribution in [1.82, 2.24) is 20.2 Å². The highest BCUT2D eigenvalue weighted by molar-refractivity contribution is 4.94. The van der Waals surface area contributed by atoms with E-state index in [1.54, 1.807) is 4.68 Å². The van der Waals surface area contributed by atoms with Crippen LogP contribution in [0.25, 0.3) is 0 Å². The standard InChI is InChI=1S/C8H14N4/c1-6(2)5-12-8(7(3)4)9-10-11-12/h7H,1,5H2,2-4H3. The van der Waals surface area contributed by atoms with Crippen molar-refractivity contribution >= 4 is 0 Å². The fraction of sp³-hybridized carbons (Fsp3) is 0.625. The summed E-state index contributed by atoms with van der Waals surface area (Å²) >= 11 is 0. The van der Waals surface area contributed by atoms with Gasteiger partial charge < -0.3 is 0 Å². The zero-order chi connectivity index (χ0) is 9.14. The molecule has 0 bridgehead atoms. The van der Waals surface area contributed by atoms with Gasteiger partial charge in [0.2, 0.25) is 0 Å². The summed E-state index contributed by atoms with van der Waals surface area (Å²) in [5.41, 5.74) is 1.06. The summed E-state index contributed by atoms with van der Waals surface area (Å²) in [6.07, 6.45) is 0. The van der Waals surface area contributed by atoms with Crippen LogP contribution in [0.2, 0.25) is 0 Å². The maximum absolute atomic E-state index is 3.93. The molecule has 0 spiro atoms. The number of aromatic nitrogens is 4. The molecule has 12 heavy (non-hydrogen) atoms. The van der Waals surface area contributed by atoms with E-state index in [0.717, 1.165) is 11.4 Å². The number of hydrogen-bond acceptors (Lipinski definition) is 3. The highest BCUT2D eigenvalue weighted by atomic mass is 15.5. The Morgan fingerprint density at radius 2 is 2.25 bits per heavy atom. The van der Waals surface area contributed by atoms with Gasteiger partial charge in [0.15, 0.2) is 5.82 Å². The van der Waals surface area contributed by atoms with Gasteiger partial charge in [-0.15, -0.1) is 5.10 Å². The minimum absolute atomic E-state index is 0.361. The molecule has 0 N–H and O–H groups in total. The van der Waals surface area contributed by atoms with Crippen molar-refractivity contribution in [2.24, 2.45) is 0 Å². The lowest BCUT2D eigenvalue weighted by atomic mass is 10.2. The van der Waals surface area contributed by atoms with Gasteiger partial charge in [-0.1, -0.05) is 26.0 Å². The van der Waals surface area contributed by atoms with E-state index >= 15 is 0 Å². The summed E-state index contributed by atoms with van der Waals surface area (Å²) in [5, 5.41) is 11.4. The van der Waals surface area contributed by atoms with E-state index in [9.17, 15) is 0 Å². The largest absolute Gasteiger partial charge is 0.225 e. The first-order valence-electron chi connectivity index (χ1n) is 4.01. The minimum atomic E-state index is 0.361. The first-order valence-corrected chi connectivity index (χ1v) is 4.01. The zero-order valence-electron chi connectivity index (χ0n) is 7.78. The van der Waals surface area contributed by atoms with E-state index in [1.165, 1.54) is 0 Å². The van der Waals surface area contributed by atoms with Crippen molar-refractivity contribution in [2.45, 2.75) is 33.2 Å². The van der Waals surface area contributed by atoms with Crippen molar-refractivity contribution in [3.05, 3.63) is 18.0 Å². The van der Waals surface area contributed by atoms with Crippen LogP contribution in [0.5, 0.6) is 0 Å². The third kappa shape index (κ3) is 1.90. The molecular weight excluding hydrogens is 152 g/mol. The second-order valence-electron chi connectivity index (χ2n) is 3.31. The van der Waals surface area contributed by atoms with Crippen LogP contribution in [0.4, 0.5) is 0 Å². The van der Waals surface area contributed by atoms with Gasteiger partial charge in [-0.25, -0.2) is 4.68 Å². The monoisotopic (exact) mass is 166 g/mol. The van der Waals surface area contributed by atoms with Gasteiger partial charge in [0.05, 0.1) is 6.54 Å². The van der Waals surface area contributed by atoms with Crippen molar-refractivity contribution in [2.75, 3.05) is 0 Å². The first kappa shape index (κ1) is 8.90. The van der Waals surface area contributed by atoms with E-state index in [-0.39, 0.29) is 0 Å². The molecule has 1 aromatic rings. The highest BCUT2D eigenvalue weighted by Crippen LogP contribution is 2.09. The molecule has 0 fully saturated rings. The summed E-state index contributed by atoms with van der Waals surface area (Å²) < 4.78 is 1.78. The summed E-state index contributed by atoms with van der Waals surface area (Å²) in [6, 6.07) is 0. The Balaban J connectivity index is 2.84. The van der Waals surface area contributed by atoms with Crippen molar-refractivity contribution in [1.29, 1.82) is 0 Å². The number of hydrogen-bond donors (Lipinski definition) is 0. The van der Waals surface area contributed by atoms with Crippen LogP contribution in [-0.2, 0) is 6.54 Å². The molecule has 0 amide bonds. The van der Waals surface area contributed by atoms with Crippen LogP contribution < -0.4 is 0 Å². The molecular formula is C8H14N4. The van der Waals surface area contributed by atoms with E-state index in [4.69, 9.17) is 0 Å². The van der Waals surface area contributed by atoms with E-state index in [0.29, 0.717) is 12.5 Å². The molecule has 0 unspecified atom stereocenters. The van der Waals surface area contributed by atoms with Crippen LogP contribution >= 0.6 is 0 Å². The molecule has 1 aromatic heterocycles. The van der Waals surface area contributed by atoms with Gasteiger partial charge in [-0.3, -0.25) is 0 Å². The van der Waals surface area contributed by atoms with Gasteiger partial charge in [-0.2, -0.15) is 0 Å². The number of nitrogens with zero attached hydrogens (tertiary/aromatic N) is 4. The number of tetrazole rings is 1. The minimum Gasteiger partial charge on any atom is -0.225 e. The van der Waals surface area contributed by atoms with E-state index < -0.39 is 0 Å². The molecule has 66 valence electrons. The maximum atomic E-state index is 3.93. The van der Waals surface area contributed by atoms with E-state index in [2.05, 4.69) is 36.0 Å². The van der Waals surface area contributed by atoms with E-state index in [1.807, 2.05) is 6.92 Å². The molecule has 0 saturated heterocycles. The van der Waals surface area contributed by atoms with Crippen LogP contribution in [0.1, 0.15) is 32.5 Å². The Bertz CT molecular complexity index is 274. The Kier molecular flexibility index (Phi) is 2.58. The highest BCUT2D eigenvalue weighted by Gasteiger charge is 2.08. The van der Waals surface area contributed by atoms with Gasteiger partial charge in [-0.05, 0) is 17.4 Å². The second-order valence-corrected chi connectivity index (χ2v) is 3.31. The fourth-order valence-corrected chi connectivity index (χ4v) is 0.993. The summed E-state index contributed by atoms with van der Waals surface area (Å²) in [6.45, 7) is 10.6. The smallest absolute Gasteiger partial charge is 0.154 e. The molecule has 0 aliphatic carbocycles. The average molecular weight is 166 g/mol. The predicted octanol–water partition coefficient (Wildman–Crippen LogP) is 1.37. The van der Waals surface area contributed by atoms with Gasteiger partial charge in [0, 0.05) is 5.92 Å². The summed E-state index contributed by atoms with van der Waals surface area (Å²) in [5.74, 6) is 1.28. The molecule has 0 aliphatic heterocycles. The molecule has 0 aliphatic rings. The van der Waals surface area contributed by atoms with Crippen molar-refractivity contribution < 1.29 is 0 Å². The lowest BCUT2D eigenvalue weighted by Crippen LogP contribution is -2.07. The lowest BCUT2D eigenvalue weighted by molar-refractivity contribution is 0.591. The molecule has 1 heterocycles. The maximum Gasteiger partial charge on any atom is 0.154 e. The first-order chi connectivity index (χ1) is 5.61. The molecule has 0 saturated carbocycles. The van der Waals surface area contributed by atoms with Crippen LogP contribution in [0.15, 0.2) is 12.2 Å². The lowest BCUT2D eigenvalue weighted by Gasteiger charge is -2.05. The quantitative estimate of drug-likeness (QED) is 0.637. The molecule has 0 aromatic carbocycles. The zero-order valence-corrected chi connectivity index (χ0v) is 7.78. The Morgan fingerprint density at radius 3 is 2.75 bits per heavy atom. The SMILES string of the molecule is C=C(C)Cn1nnnc1C(C)C. The van der Waals surface area contributed by atoms with Gasteiger partial charge >= 0.3 is 0 Å². The van der Waals surface area contributed by atoms with Crippen molar-refractivity contribution in [3.8, 4) is 0 Å². The third-order valence-corrected chi connectivity index (χ3v) is 1.50. The Morgan fingerprint density at radius 1 is 1.58 bits per heavy atom. The molecule has 1 rings (SSSR count). The molecule has 0 atom stereocenters.